The first-order valence-electron chi connectivity index (χ1n) is 7.11. The van der Waals surface area contributed by atoms with Gasteiger partial charge in [0.1, 0.15) is 17.8 Å². The highest BCUT2D eigenvalue weighted by Crippen LogP contribution is 2.28. The van der Waals surface area contributed by atoms with Crippen molar-refractivity contribution in [3.63, 3.8) is 0 Å². The molecule has 6 heteroatoms. The highest BCUT2D eigenvalue weighted by molar-refractivity contribution is 7.98. The number of hydrogen-bond donors (Lipinski definition) is 0. The fourth-order valence-electron chi connectivity index (χ4n) is 2.23. The lowest BCUT2D eigenvalue weighted by atomic mass is 10.2. The molecule has 1 aromatic heterocycles. The van der Waals surface area contributed by atoms with Gasteiger partial charge in [-0.1, -0.05) is 36.0 Å². The SMILES string of the molecule is COc1cccc(CSc2nncn2-c2ccccc2OC)c1. The Hall–Kier alpha value is -2.47. The monoisotopic (exact) mass is 327 g/mol. The summed E-state index contributed by atoms with van der Waals surface area (Å²) in [6.07, 6.45) is 1.70. The van der Waals surface area contributed by atoms with Crippen molar-refractivity contribution < 1.29 is 9.47 Å². The summed E-state index contributed by atoms with van der Waals surface area (Å²) >= 11 is 1.62. The molecule has 2 aromatic carbocycles. The highest BCUT2D eigenvalue weighted by Gasteiger charge is 2.11. The average molecular weight is 327 g/mol. The molecule has 0 aliphatic heterocycles. The summed E-state index contributed by atoms with van der Waals surface area (Å²) in [6.45, 7) is 0. The molecule has 0 aliphatic rings. The van der Waals surface area contributed by atoms with Gasteiger partial charge in [-0.2, -0.15) is 0 Å². The molecule has 0 bridgehead atoms. The number of rotatable bonds is 6. The summed E-state index contributed by atoms with van der Waals surface area (Å²) in [4.78, 5) is 0. The Bertz CT molecular complexity index is 789. The maximum atomic E-state index is 5.42. The molecule has 0 aliphatic carbocycles. The number of methoxy groups -OCH3 is 2. The van der Waals surface area contributed by atoms with Crippen LogP contribution >= 0.6 is 11.8 Å². The van der Waals surface area contributed by atoms with Gasteiger partial charge in [0, 0.05) is 5.75 Å². The van der Waals surface area contributed by atoms with Crippen LogP contribution in [-0.4, -0.2) is 29.0 Å². The fourth-order valence-corrected chi connectivity index (χ4v) is 3.09. The smallest absolute Gasteiger partial charge is 0.196 e. The Labute approximate surface area is 139 Å². The van der Waals surface area contributed by atoms with Gasteiger partial charge in [0.05, 0.1) is 19.9 Å². The van der Waals surface area contributed by atoms with E-state index in [9.17, 15) is 0 Å². The molecule has 0 spiro atoms. The van der Waals surface area contributed by atoms with Crippen LogP contribution in [-0.2, 0) is 5.75 Å². The summed E-state index contributed by atoms with van der Waals surface area (Å²) < 4.78 is 12.6. The lowest BCUT2D eigenvalue weighted by molar-refractivity contribution is 0.412. The largest absolute Gasteiger partial charge is 0.497 e. The second-order valence-electron chi connectivity index (χ2n) is 4.80. The Morgan fingerprint density at radius 2 is 1.91 bits per heavy atom. The molecule has 0 saturated heterocycles. The van der Waals surface area contributed by atoms with Crippen molar-refractivity contribution in [1.82, 2.24) is 14.8 Å². The number of aromatic nitrogens is 3. The van der Waals surface area contributed by atoms with E-state index in [2.05, 4.69) is 16.3 Å². The van der Waals surface area contributed by atoms with E-state index in [1.807, 2.05) is 47.0 Å². The van der Waals surface area contributed by atoms with Crippen LogP contribution in [0.4, 0.5) is 0 Å². The molecule has 0 unspecified atom stereocenters. The third-order valence-electron chi connectivity index (χ3n) is 3.36. The first-order chi connectivity index (χ1) is 11.3. The quantitative estimate of drug-likeness (QED) is 0.648. The Morgan fingerprint density at radius 1 is 1.04 bits per heavy atom. The number of ether oxygens (including phenoxy) is 2. The molecule has 0 N–H and O–H groups in total. The third-order valence-corrected chi connectivity index (χ3v) is 4.38. The zero-order valence-corrected chi connectivity index (χ0v) is 13.8. The van der Waals surface area contributed by atoms with Gasteiger partial charge in [0.25, 0.3) is 0 Å². The van der Waals surface area contributed by atoms with Crippen molar-refractivity contribution in [2.75, 3.05) is 14.2 Å². The number of para-hydroxylation sites is 2. The van der Waals surface area contributed by atoms with Crippen LogP contribution in [0.25, 0.3) is 5.69 Å². The van der Waals surface area contributed by atoms with Gasteiger partial charge in [-0.3, -0.25) is 4.57 Å². The summed E-state index contributed by atoms with van der Waals surface area (Å²) in [6, 6.07) is 15.8. The van der Waals surface area contributed by atoms with Crippen LogP contribution in [0.15, 0.2) is 60.0 Å². The van der Waals surface area contributed by atoms with Crippen LogP contribution in [0.5, 0.6) is 11.5 Å². The van der Waals surface area contributed by atoms with E-state index < -0.39 is 0 Å². The molecule has 0 saturated carbocycles. The van der Waals surface area contributed by atoms with E-state index in [1.165, 1.54) is 5.56 Å². The molecule has 0 radical (unpaired) electrons. The molecule has 5 nitrogen and oxygen atoms in total. The molecule has 118 valence electrons. The summed E-state index contributed by atoms with van der Waals surface area (Å²) in [5, 5.41) is 9.06. The molecule has 3 aromatic rings. The molecule has 0 atom stereocenters. The molecule has 0 fully saturated rings. The second kappa shape index (κ2) is 7.19. The minimum Gasteiger partial charge on any atom is -0.497 e. The van der Waals surface area contributed by atoms with Crippen LogP contribution in [0, 0.1) is 0 Å². The van der Waals surface area contributed by atoms with Gasteiger partial charge in [0.2, 0.25) is 0 Å². The zero-order chi connectivity index (χ0) is 16.1. The molecule has 1 heterocycles. The van der Waals surface area contributed by atoms with Crippen molar-refractivity contribution in [2.45, 2.75) is 10.9 Å². The Kier molecular flexibility index (Phi) is 4.83. The summed E-state index contributed by atoms with van der Waals surface area (Å²) in [5.74, 6) is 2.43. The fraction of sp³-hybridized carbons (Fsp3) is 0.176. The topological polar surface area (TPSA) is 49.2 Å². The molecule has 23 heavy (non-hydrogen) atoms. The molecule has 0 amide bonds. The van der Waals surface area contributed by atoms with Crippen LogP contribution in [0.2, 0.25) is 0 Å². The standard InChI is InChI=1S/C17H17N3O2S/c1-21-14-7-5-6-13(10-14)11-23-17-19-18-12-20(17)15-8-3-4-9-16(15)22-2/h3-10,12H,11H2,1-2H3. The van der Waals surface area contributed by atoms with Crippen molar-refractivity contribution in [2.24, 2.45) is 0 Å². The van der Waals surface area contributed by atoms with Crippen LogP contribution in [0.3, 0.4) is 0 Å². The minimum atomic E-state index is 0.783. The lowest BCUT2D eigenvalue weighted by Gasteiger charge is -2.10. The third kappa shape index (κ3) is 3.48. The number of nitrogens with zero attached hydrogens (tertiary/aromatic N) is 3. The van der Waals surface area contributed by atoms with Gasteiger partial charge in [-0.25, -0.2) is 0 Å². The summed E-state index contributed by atoms with van der Waals surface area (Å²) in [7, 11) is 3.33. The predicted molar refractivity (Wildman–Crippen MR) is 90.5 cm³/mol. The van der Waals surface area contributed by atoms with E-state index >= 15 is 0 Å². The van der Waals surface area contributed by atoms with E-state index in [0.29, 0.717) is 0 Å². The maximum absolute atomic E-state index is 5.42. The number of thioether (sulfide) groups is 1. The van der Waals surface area contributed by atoms with Crippen LogP contribution in [0.1, 0.15) is 5.56 Å². The second-order valence-corrected chi connectivity index (χ2v) is 5.74. The van der Waals surface area contributed by atoms with E-state index in [1.54, 1.807) is 32.3 Å². The van der Waals surface area contributed by atoms with E-state index in [4.69, 9.17) is 9.47 Å². The van der Waals surface area contributed by atoms with Gasteiger partial charge in [-0.15, -0.1) is 10.2 Å². The van der Waals surface area contributed by atoms with Crippen molar-refractivity contribution in [3.05, 3.63) is 60.4 Å². The Morgan fingerprint density at radius 3 is 2.74 bits per heavy atom. The van der Waals surface area contributed by atoms with Crippen molar-refractivity contribution in [1.29, 1.82) is 0 Å². The van der Waals surface area contributed by atoms with Gasteiger partial charge >= 0.3 is 0 Å². The molecular weight excluding hydrogens is 310 g/mol. The minimum absolute atomic E-state index is 0.783. The molecular formula is C17H17N3O2S. The van der Waals surface area contributed by atoms with Gasteiger partial charge in [-0.05, 0) is 29.8 Å². The van der Waals surface area contributed by atoms with Crippen LogP contribution < -0.4 is 9.47 Å². The zero-order valence-electron chi connectivity index (χ0n) is 13.0. The maximum Gasteiger partial charge on any atom is 0.196 e. The van der Waals surface area contributed by atoms with Crippen molar-refractivity contribution >= 4 is 11.8 Å². The van der Waals surface area contributed by atoms with Gasteiger partial charge in [0.15, 0.2) is 5.16 Å². The number of hydrogen-bond acceptors (Lipinski definition) is 5. The highest BCUT2D eigenvalue weighted by atomic mass is 32.2. The first-order valence-corrected chi connectivity index (χ1v) is 8.09. The summed E-state index contributed by atoms with van der Waals surface area (Å²) in [5.41, 5.74) is 2.09. The first kappa shape index (κ1) is 15.4. The predicted octanol–water partition coefficient (Wildman–Crippen LogP) is 3.58. The van der Waals surface area contributed by atoms with Crippen molar-refractivity contribution in [3.8, 4) is 17.2 Å². The van der Waals surface area contributed by atoms with E-state index in [0.717, 1.165) is 28.1 Å². The lowest BCUT2D eigenvalue weighted by Crippen LogP contribution is -1.98. The number of benzene rings is 2. The average Bonchev–Trinajstić information content (AvgIpc) is 3.08. The van der Waals surface area contributed by atoms with Gasteiger partial charge < -0.3 is 9.47 Å². The Balaban J connectivity index is 1.81. The molecule has 3 rings (SSSR count). The normalized spacial score (nSPS) is 10.5. The van der Waals surface area contributed by atoms with E-state index in [-0.39, 0.29) is 0 Å².